The van der Waals surface area contributed by atoms with Crippen LogP contribution in [0.15, 0.2) is 72.3 Å². The maximum absolute atomic E-state index is 12.6. The van der Waals surface area contributed by atoms with Crippen LogP contribution in [0.3, 0.4) is 0 Å². The molecule has 0 spiro atoms. The molecule has 0 aliphatic carbocycles. The van der Waals surface area contributed by atoms with Crippen LogP contribution in [0.2, 0.25) is 0 Å². The average molecular weight is 468 g/mol. The fourth-order valence-corrected chi connectivity index (χ4v) is 3.12. The number of nitriles is 2. The van der Waals surface area contributed by atoms with E-state index in [1.165, 1.54) is 30.3 Å². The molecule has 0 aliphatic heterocycles. The van der Waals surface area contributed by atoms with Gasteiger partial charge in [-0.3, -0.25) is 14.9 Å². The predicted molar refractivity (Wildman–Crippen MR) is 128 cm³/mol. The molecule has 0 radical (unpaired) electrons. The Labute approximate surface area is 201 Å². The van der Waals surface area contributed by atoms with E-state index in [9.17, 15) is 25.4 Å². The monoisotopic (exact) mass is 468 g/mol. The standard InChI is InChI=1S/C26H20N4O5/c1-2-34-25-13-18(10-11-24(25)35-17-20-7-4-3-6-19(20)15-27)12-21(16-28)26(31)29-22-8-5-9-23(14-22)30(32)33/h3-14H,2,17H2,1H3,(H,29,31)/b21-12+. The highest BCUT2D eigenvalue weighted by molar-refractivity contribution is 6.09. The quantitative estimate of drug-likeness (QED) is 0.202. The first-order chi connectivity index (χ1) is 16.9. The van der Waals surface area contributed by atoms with E-state index >= 15 is 0 Å². The second-order valence-electron chi connectivity index (χ2n) is 7.13. The maximum atomic E-state index is 12.6. The van der Waals surface area contributed by atoms with Gasteiger partial charge in [0.2, 0.25) is 0 Å². The molecule has 0 saturated heterocycles. The van der Waals surface area contributed by atoms with Crippen molar-refractivity contribution in [3.05, 3.63) is 99.1 Å². The molecule has 3 rings (SSSR count). The van der Waals surface area contributed by atoms with Crippen LogP contribution in [-0.4, -0.2) is 17.4 Å². The molecular formula is C26H20N4O5. The lowest BCUT2D eigenvalue weighted by molar-refractivity contribution is -0.384. The number of amides is 1. The predicted octanol–water partition coefficient (Wildman–Crippen LogP) is 4.99. The molecule has 35 heavy (non-hydrogen) atoms. The molecule has 0 atom stereocenters. The van der Waals surface area contributed by atoms with Gasteiger partial charge < -0.3 is 14.8 Å². The second-order valence-corrected chi connectivity index (χ2v) is 7.13. The smallest absolute Gasteiger partial charge is 0.271 e. The van der Waals surface area contributed by atoms with E-state index < -0.39 is 10.8 Å². The van der Waals surface area contributed by atoms with Crippen molar-refractivity contribution >= 4 is 23.4 Å². The zero-order valence-corrected chi connectivity index (χ0v) is 18.7. The molecular weight excluding hydrogens is 448 g/mol. The summed E-state index contributed by atoms with van der Waals surface area (Å²) in [6.45, 7) is 2.33. The third-order valence-electron chi connectivity index (χ3n) is 4.78. The van der Waals surface area contributed by atoms with Gasteiger partial charge in [0.05, 0.1) is 23.2 Å². The van der Waals surface area contributed by atoms with E-state index in [0.717, 1.165) is 5.56 Å². The van der Waals surface area contributed by atoms with Gasteiger partial charge in [0.1, 0.15) is 18.2 Å². The van der Waals surface area contributed by atoms with Gasteiger partial charge in [-0.05, 0) is 42.8 Å². The molecule has 0 bridgehead atoms. The summed E-state index contributed by atoms with van der Waals surface area (Å²) in [5.74, 6) is 0.141. The Morgan fingerprint density at radius 1 is 1.06 bits per heavy atom. The highest BCUT2D eigenvalue weighted by Gasteiger charge is 2.14. The van der Waals surface area contributed by atoms with Crippen LogP contribution in [0.5, 0.6) is 11.5 Å². The molecule has 0 heterocycles. The number of hydrogen-bond donors (Lipinski definition) is 1. The first kappa shape index (κ1) is 24.5. The van der Waals surface area contributed by atoms with Gasteiger partial charge in [0.15, 0.2) is 11.5 Å². The van der Waals surface area contributed by atoms with E-state index in [-0.39, 0.29) is 23.6 Å². The van der Waals surface area contributed by atoms with Gasteiger partial charge in [-0.2, -0.15) is 10.5 Å². The summed E-state index contributed by atoms with van der Waals surface area (Å²) in [5.41, 5.74) is 1.57. The minimum atomic E-state index is -0.709. The first-order valence-electron chi connectivity index (χ1n) is 10.5. The molecule has 3 aromatic rings. The summed E-state index contributed by atoms with van der Waals surface area (Å²) in [5, 5.41) is 32.2. The summed E-state index contributed by atoms with van der Waals surface area (Å²) >= 11 is 0. The lowest BCUT2D eigenvalue weighted by Crippen LogP contribution is -2.13. The number of non-ortho nitro benzene ring substituents is 1. The molecule has 0 aliphatic rings. The number of anilines is 1. The van der Waals surface area contributed by atoms with Crippen LogP contribution in [0.1, 0.15) is 23.6 Å². The molecule has 0 fully saturated rings. The number of hydrogen-bond acceptors (Lipinski definition) is 7. The zero-order valence-electron chi connectivity index (χ0n) is 18.7. The molecule has 1 amide bonds. The molecule has 0 unspecified atom stereocenters. The van der Waals surface area contributed by atoms with Crippen molar-refractivity contribution in [2.24, 2.45) is 0 Å². The number of benzene rings is 3. The number of carbonyl (C=O) groups is 1. The van der Waals surface area contributed by atoms with Crippen LogP contribution in [0.25, 0.3) is 6.08 Å². The molecule has 1 N–H and O–H groups in total. The van der Waals surface area contributed by atoms with Gasteiger partial charge >= 0.3 is 0 Å². The largest absolute Gasteiger partial charge is 0.490 e. The minimum Gasteiger partial charge on any atom is -0.490 e. The van der Waals surface area contributed by atoms with Crippen LogP contribution >= 0.6 is 0 Å². The highest BCUT2D eigenvalue weighted by atomic mass is 16.6. The number of nitrogens with one attached hydrogen (secondary N) is 1. The molecule has 9 nitrogen and oxygen atoms in total. The van der Waals surface area contributed by atoms with Gasteiger partial charge in [-0.25, -0.2) is 0 Å². The van der Waals surface area contributed by atoms with Crippen molar-refractivity contribution < 1.29 is 19.2 Å². The molecule has 9 heteroatoms. The lowest BCUT2D eigenvalue weighted by Gasteiger charge is -2.13. The fourth-order valence-electron chi connectivity index (χ4n) is 3.12. The summed E-state index contributed by atoms with van der Waals surface area (Å²) in [4.78, 5) is 22.9. The first-order valence-corrected chi connectivity index (χ1v) is 10.5. The maximum Gasteiger partial charge on any atom is 0.271 e. The normalized spacial score (nSPS) is 10.5. The van der Waals surface area contributed by atoms with Crippen molar-refractivity contribution in [3.8, 4) is 23.6 Å². The number of carbonyl (C=O) groups excluding carboxylic acids is 1. The van der Waals surface area contributed by atoms with E-state index in [0.29, 0.717) is 29.2 Å². The Kier molecular flexibility index (Phi) is 8.14. The number of ether oxygens (including phenoxy) is 2. The Morgan fingerprint density at radius 2 is 1.86 bits per heavy atom. The summed E-state index contributed by atoms with van der Waals surface area (Å²) in [6.07, 6.45) is 1.38. The van der Waals surface area contributed by atoms with Crippen molar-refractivity contribution in [1.29, 1.82) is 10.5 Å². The lowest BCUT2D eigenvalue weighted by atomic mass is 10.1. The number of nitrogens with zero attached hydrogens (tertiary/aromatic N) is 3. The Bertz CT molecular complexity index is 1370. The van der Waals surface area contributed by atoms with Crippen LogP contribution in [0, 0.1) is 32.8 Å². The Balaban J connectivity index is 1.80. The van der Waals surface area contributed by atoms with Gasteiger partial charge in [0, 0.05) is 23.4 Å². The van der Waals surface area contributed by atoms with E-state index in [4.69, 9.17) is 9.47 Å². The van der Waals surface area contributed by atoms with Crippen LogP contribution in [0.4, 0.5) is 11.4 Å². The van der Waals surface area contributed by atoms with Crippen molar-refractivity contribution in [1.82, 2.24) is 0 Å². The summed E-state index contributed by atoms with van der Waals surface area (Å²) in [7, 11) is 0. The minimum absolute atomic E-state index is 0.161. The van der Waals surface area contributed by atoms with Crippen LogP contribution < -0.4 is 14.8 Å². The third kappa shape index (κ3) is 6.44. The fraction of sp³-hybridized carbons (Fsp3) is 0.115. The van der Waals surface area contributed by atoms with Crippen molar-refractivity contribution in [2.45, 2.75) is 13.5 Å². The van der Waals surface area contributed by atoms with Crippen molar-refractivity contribution in [2.75, 3.05) is 11.9 Å². The van der Waals surface area contributed by atoms with Gasteiger partial charge in [-0.1, -0.05) is 30.3 Å². The molecule has 0 saturated carbocycles. The third-order valence-corrected chi connectivity index (χ3v) is 4.78. The van der Waals surface area contributed by atoms with E-state index in [1.807, 2.05) is 19.1 Å². The number of nitro benzene ring substituents is 1. The number of nitro groups is 1. The summed E-state index contributed by atoms with van der Waals surface area (Å²) in [6, 6.07) is 21.4. The molecule has 174 valence electrons. The van der Waals surface area contributed by atoms with Gasteiger partial charge in [0.25, 0.3) is 11.6 Å². The van der Waals surface area contributed by atoms with E-state index in [2.05, 4.69) is 11.4 Å². The molecule has 3 aromatic carbocycles. The Hall–Kier alpha value is -5.15. The topological polar surface area (TPSA) is 138 Å². The summed E-state index contributed by atoms with van der Waals surface area (Å²) < 4.78 is 11.5. The van der Waals surface area contributed by atoms with Crippen LogP contribution in [-0.2, 0) is 11.4 Å². The Morgan fingerprint density at radius 3 is 2.57 bits per heavy atom. The number of rotatable bonds is 9. The zero-order chi connectivity index (χ0) is 25.2. The average Bonchev–Trinajstić information content (AvgIpc) is 2.87. The SMILES string of the molecule is CCOc1cc(/C=C(\C#N)C(=O)Nc2cccc([N+](=O)[O-])c2)ccc1OCc1ccccc1C#N. The van der Waals surface area contributed by atoms with Gasteiger partial charge in [-0.15, -0.1) is 0 Å². The highest BCUT2D eigenvalue weighted by Crippen LogP contribution is 2.30. The van der Waals surface area contributed by atoms with E-state index in [1.54, 1.807) is 36.4 Å². The van der Waals surface area contributed by atoms with Crippen molar-refractivity contribution in [3.63, 3.8) is 0 Å². The molecule has 0 aromatic heterocycles. The second kappa shape index (κ2) is 11.6.